The number of hydrogen-bond donors (Lipinski definition) is 0. The Morgan fingerprint density at radius 1 is 1.22 bits per heavy atom. The zero-order valence-electron chi connectivity index (χ0n) is 21.6. The van der Waals surface area contributed by atoms with Crippen molar-refractivity contribution in [3.63, 3.8) is 0 Å². The van der Waals surface area contributed by atoms with Crippen LogP contribution in [0, 0.1) is 12.8 Å². The average Bonchev–Trinajstić information content (AvgIpc) is 3.28. The van der Waals surface area contributed by atoms with Crippen LogP contribution in [-0.2, 0) is 23.9 Å². The highest BCUT2D eigenvalue weighted by molar-refractivity contribution is 8.16. The standard InChI is InChI=1S/C28H33N3O5S/c1-5-14-36-27(34)24-19(4)29-28-31(25(24)22-12-8-7-10-18(22)3)21(17-37-28)15-23(32)30-13-9-11-20(16-30)26(33)35-6-2/h5,7-8,10,12,17,20,25H,1,6,9,11,13-16H2,2-4H3/t20-,25+/m0/s1. The van der Waals surface area contributed by atoms with E-state index in [0.29, 0.717) is 31.0 Å². The lowest BCUT2D eigenvalue weighted by atomic mass is 9.91. The summed E-state index contributed by atoms with van der Waals surface area (Å²) in [6, 6.07) is 7.42. The fourth-order valence-corrected chi connectivity index (χ4v) is 5.92. The van der Waals surface area contributed by atoms with E-state index in [0.717, 1.165) is 34.8 Å². The van der Waals surface area contributed by atoms with Gasteiger partial charge < -0.3 is 19.3 Å². The number of nitrogens with zero attached hydrogens (tertiary/aromatic N) is 3. The van der Waals surface area contributed by atoms with E-state index < -0.39 is 12.0 Å². The largest absolute Gasteiger partial charge is 0.466 e. The normalized spacial score (nSPS) is 21.2. The first kappa shape index (κ1) is 26.7. The van der Waals surface area contributed by atoms with Crippen LogP contribution in [0.2, 0.25) is 0 Å². The maximum absolute atomic E-state index is 13.4. The maximum Gasteiger partial charge on any atom is 0.338 e. The summed E-state index contributed by atoms with van der Waals surface area (Å²) in [5.74, 6) is -1.06. The van der Waals surface area contributed by atoms with Gasteiger partial charge in [0.15, 0.2) is 5.17 Å². The lowest BCUT2D eigenvalue weighted by molar-refractivity contribution is -0.151. The molecular weight excluding hydrogens is 490 g/mol. The Morgan fingerprint density at radius 2 is 2.00 bits per heavy atom. The van der Waals surface area contributed by atoms with E-state index in [1.54, 1.807) is 11.8 Å². The molecule has 2 atom stereocenters. The molecule has 9 heteroatoms. The topological polar surface area (TPSA) is 88.5 Å². The summed E-state index contributed by atoms with van der Waals surface area (Å²) in [5.41, 5.74) is 3.77. The molecule has 0 bridgehead atoms. The Hall–Kier alpha value is -3.33. The third-order valence-electron chi connectivity index (χ3n) is 6.76. The molecule has 1 fully saturated rings. The third-order valence-corrected chi connectivity index (χ3v) is 7.65. The number of hydrogen-bond acceptors (Lipinski definition) is 8. The van der Waals surface area contributed by atoms with Crippen molar-refractivity contribution in [1.82, 2.24) is 9.80 Å². The summed E-state index contributed by atoms with van der Waals surface area (Å²) in [6.45, 7) is 10.6. The van der Waals surface area contributed by atoms with Crippen molar-refractivity contribution in [3.05, 3.63) is 70.4 Å². The second-order valence-corrected chi connectivity index (χ2v) is 10.1. The van der Waals surface area contributed by atoms with Crippen LogP contribution in [0.1, 0.15) is 50.3 Å². The maximum atomic E-state index is 13.4. The van der Waals surface area contributed by atoms with Gasteiger partial charge in [-0.25, -0.2) is 9.79 Å². The molecular formula is C28H33N3O5S. The second kappa shape index (κ2) is 11.8. The predicted octanol–water partition coefficient (Wildman–Crippen LogP) is 4.49. The molecule has 37 heavy (non-hydrogen) atoms. The van der Waals surface area contributed by atoms with Gasteiger partial charge in [0.05, 0.1) is 36.3 Å². The molecule has 0 N–H and O–H groups in total. The van der Waals surface area contributed by atoms with Gasteiger partial charge in [0.25, 0.3) is 0 Å². The quantitative estimate of drug-likeness (QED) is 0.366. The first-order chi connectivity index (χ1) is 17.8. The minimum atomic E-state index is -0.478. The van der Waals surface area contributed by atoms with Gasteiger partial charge in [-0.15, -0.1) is 0 Å². The fourth-order valence-electron chi connectivity index (χ4n) is 4.95. The summed E-state index contributed by atoms with van der Waals surface area (Å²) >= 11 is 1.44. The van der Waals surface area contributed by atoms with Crippen molar-refractivity contribution in [2.24, 2.45) is 10.9 Å². The molecule has 0 saturated carbocycles. The van der Waals surface area contributed by atoms with E-state index in [2.05, 4.69) is 6.58 Å². The Balaban J connectivity index is 1.61. The zero-order valence-corrected chi connectivity index (χ0v) is 22.4. The van der Waals surface area contributed by atoms with Gasteiger partial charge in [0.1, 0.15) is 6.61 Å². The van der Waals surface area contributed by atoms with E-state index in [1.807, 2.05) is 48.4 Å². The lowest BCUT2D eigenvalue weighted by Gasteiger charge is -2.38. The van der Waals surface area contributed by atoms with E-state index in [-0.39, 0.29) is 30.8 Å². The molecule has 0 radical (unpaired) electrons. The molecule has 4 rings (SSSR count). The smallest absolute Gasteiger partial charge is 0.338 e. The Labute approximate surface area is 222 Å². The molecule has 3 aliphatic rings. The first-order valence-corrected chi connectivity index (χ1v) is 13.5. The molecule has 196 valence electrons. The monoisotopic (exact) mass is 523 g/mol. The van der Waals surface area contributed by atoms with Crippen LogP contribution in [0.4, 0.5) is 0 Å². The number of likely N-dealkylation sites (tertiary alicyclic amines) is 1. The second-order valence-electron chi connectivity index (χ2n) is 9.24. The van der Waals surface area contributed by atoms with Gasteiger partial charge in [0.2, 0.25) is 5.91 Å². The summed E-state index contributed by atoms with van der Waals surface area (Å²) in [4.78, 5) is 47.4. The molecule has 0 spiro atoms. The molecule has 1 aromatic carbocycles. The van der Waals surface area contributed by atoms with Crippen molar-refractivity contribution in [2.45, 2.75) is 46.1 Å². The van der Waals surface area contributed by atoms with E-state index in [4.69, 9.17) is 14.5 Å². The average molecular weight is 524 g/mol. The zero-order chi connectivity index (χ0) is 26.5. The molecule has 8 nitrogen and oxygen atoms in total. The number of esters is 2. The van der Waals surface area contributed by atoms with Crippen LogP contribution in [-0.4, -0.2) is 59.1 Å². The number of thioether (sulfide) groups is 1. The molecule has 1 amide bonds. The van der Waals surface area contributed by atoms with Crippen LogP contribution in [0.3, 0.4) is 0 Å². The third kappa shape index (κ3) is 5.66. The number of carbonyl (C=O) groups excluding carboxylic acids is 3. The number of carbonyl (C=O) groups is 3. The summed E-state index contributed by atoms with van der Waals surface area (Å²) in [5, 5.41) is 2.65. The van der Waals surface area contributed by atoms with Gasteiger partial charge in [-0.1, -0.05) is 48.7 Å². The van der Waals surface area contributed by atoms with Crippen LogP contribution in [0.15, 0.2) is 64.3 Å². The molecule has 0 unspecified atom stereocenters. The Bertz CT molecular complexity index is 1190. The number of fused-ring (bicyclic) bond motifs is 1. The van der Waals surface area contributed by atoms with Crippen molar-refractivity contribution in [1.29, 1.82) is 0 Å². The fraction of sp³-hybridized carbons (Fsp3) is 0.429. The predicted molar refractivity (Wildman–Crippen MR) is 143 cm³/mol. The number of aryl methyl sites for hydroxylation is 1. The van der Waals surface area contributed by atoms with Crippen LogP contribution < -0.4 is 0 Å². The number of amides is 1. The highest BCUT2D eigenvalue weighted by atomic mass is 32.2. The SMILES string of the molecule is C=CCOC(=O)C1=C(C)N=C2SC=C(CC(=O)N3CCC[C@H](C(=O)OCC)C3)N2[C@@H]1c1ccccc1C. The Morgan fingerprint density at radius 3 is 2.73 bits per heavy atom. The highest BCUT2D eigenvalue weighted by Crippen LogP contribution is 2.45. The van der Waals surface area contributed by atoms with Crippen molar-refractivity contribution in [2.75, 3.05) is 26.3 Å². The molecule has 1 saturated heterocycles. The van der Waals surface area contributed by atoms with E-state index in [1.165, 1.54) is 17.8 Å². The molecule has 3 heterocycles. The molecule has 0 aromatic heterocycles. The summed E-state index contributed by atoms with van der Waals surface area (Å²) in [6.07, 6.45) is 3.15. The number of amidine groups is 1. The van der Waals surface area contributed by atoms with Crippen molar-refractivity contribution < 1.29 is 23.9 Å². The summed E-state index contributed by atoms with van der Waals surface area (Å²) < 4.78 is 10.6. The number of piperidine rings is 1. The lowest BCUT2D eigenvalue weighted by Crippen LogP contribution is -2.44. The summed E-state index contributed by atoms with van der Waals surface area (Å²) in [7, 11) is 0. The van der Waals surface area contributed by atoms with Crippen LogP contribution in [0.25, 0.3) is 0 Å². The van der Waals surface area contributed by atoms with Gasteiger partial charge >= 0.3 is 11.9 Å². The van der Waals surface area contributed by atoms with Crippen LogP contribution >= 0.6 is 11.8 Å². The number of ether oxygens (including phenoxy) is 2. The van der Waals surface area contributed by atoms with Crippen molar-refractivity contribution in [3.8, 4) is 0 Å². The highest BCUT2D eigenvalue weighted by Gasteiger charge is 2.42. The first-order valence-electron chi connectivity index (χ1n) is 12.6. The van der Waals surface area contributed by atoms with Gasteiger partial charge in [0, 0.05) is 18.8 Å². The number of benzene rings is 1. The van der Waals surface area contributed by atoms with Gasteiger partial charge in [-0.3, -0.25) is 9.59 Å². The van der Waals surface area contributed by atoms with Crippen molar-refractivity contribution >= 4 is 34.8 Å². The number of aliphatic imine (C=N–C) groups is 1. The Kier molecular flexibility index (Phi) is 8.53. The molecule has 1 aromatic rings. The van der Waals surface area contributed by atoms with E-state index >= 15 is 0 Å². The molecule has 0 aliphatic carbocycles. The van der Waals surface area contributed by atoms with Crippen LogP contribution in [0.5, 0.6) is 0 Å². The molecule has 3 aliphatic heterocycles. The van der Waals surface area contributed by atoms with Gasteiger partial charge in [-0.2, -0.15) is 0 Å². The minimum absolute atomic E-state index is 0.0623. The van der Waals surface area contributed by atoms with E-state index in [9.17, 15) is 14.4 Å². The number of allylic oxidation sites excluding steroid dienone is 1. The van der Waals surface area contributed by atoms with Gasteiger partial charge in [-0.05, 0) is 50.1 Å². The number of rotatable bonds is 8. The minimum Gasteiger partial charge on any atom is -0.466 e.